The van der Waals surface area contributed by atoms with Crippen LogP contribution in [0, 0.1) is 52.8 Å². The number of alkyl carbamates (subject to hydrolysis) is 2. The number of carbonyl (C=O) groups excluding carboxylic acids is 8. The summed E-state index contributed by atoms with van der Waals surface area (Å²) in [6.45, 7) is 38.7. The maximum Gasteiger partial charge on any atom is 0.410 e. The number of ketones is 2. The van der Waals surface area contributed by atoms with E-state index < -0.39 is 162 Å². The first-order chi connectivity index (χ1) is 55.2. The number of fused-ring (bicyclic) bond motifs is 2. The Balaban J connectivity index is 0.000000476. The maximum atomic E-state index is 14.5. The molecule has 0 radical (unpaired) electrons. The zero-order valence-electron chi connectivity index (χ0n) is 73.4. The number of nitriles is 1. The normalized spacial score (nSPS) is 36.0. The summed E-state index contributed by atoms with van der Waals surface area (Å²) < 4.78 is 73.6. The number of amides is 4. The fraction of sp³-hybridized carbons (Fsp3) is 0.840. The number of likely N-dealkylation sites (N-methyl/N-ethyl adjacent to an activating group) is 1. The monoisotopic (exact) mass is 1660 g/mol. The predicted molar refractivity (Wildman–Crippen MR) is 434 cm³/mol. The lowest BCUT2D eigenvalue weighted by Gasteiger charge is -2.47. The molecule has 0 spiro atoms. The molecule has 0 aliphatic carbocycles. The molecule has 0 saturated carbocycles. The summed E-state index contributed by atoms with van der Waals surface area (Å²) in [7, 11) is 10.7. The van der Waals surface area contributed by atoms with Gasteiger partial charge in [0.2, 0.25) is 0 Å². The van der Waals surface area contributed by atoms with Crippen LogP contribution in [0.4, 0.5) is 19.2 Å². The molecule has 6 heterocycles. The second-order valence-electron chi connectivity index (χ2n) is 33.3. The van der Waals surface area contributed by atoms with E-state index in [1.54, 1.807) is 50.7 Å². The van der Waals surface area contributed by atoms with E-state index in [4.69, 9.17) is 73.2 Å². The topological polar surface area (TPSA) is 450 Å². The second kappa shape index (κ2) is 48.1. The van der Waals surface area contributed by atoms with Gasteiger partial charge in [0.1, 0.15) is 43.4 Å². The standard InChI is InChI=1S/C40H69N7O10.C39H67N7O11.C2H3N/c1-13-19-53-37(50)43-23-29-20-30(46(10)11)25(4)36(54-29)56-34-26(5)32(48)27(6)35(49)55-31(14-2)40(9)33(28(7)42-22-24(3)21-39(34,8)52-12)47(38(51)57-40)18-16-15-17-44-45-41;1-12-18-53-36(50)42-22-27-19-28(45(9)10)31(48)35(54-27)56-33-24(4)30(47)25(5)34(49)55-29(13-2)39(8)32(26(6)41-21-23(3)20-38(33,7)52-11)46(37(51)57-39)17-15-14-16-43-44-40;1-2-3/h13,24-31,33-34,36,42H,1,14-23H2,2-12H3,(H,43,50);12,23-29,31-33,35,41,48H,1,13-22H2,2-11H3,(H,42,50);1H3/t24-,25-,26+,27-,28-,29+,30?,31-,33-,34-,36+,39-,40-;23-,24+,25-,26-,27+,28?,29-,31-,32-,33-,35+,38-,39-;/m11./s1. The van der Waals surface area contributed by atoms with E-state index >= 15 is 0 Å². The van der Waals surface area contributed by atoms with Crippen molar-refractivity contribution in [2.24, 2.45) is 51.7 Å². The van der Waals surface area contributed by atoms with Crippen LogP contribution in [0.1, 0.15) is 175 Å². The molecule has 5 N–H and O–H groups in total. The number of nitrogens with one attached hydrogen (secondary N) is 4. The van der Waals surface area contributed by atoms with E-state index in [0.717, 1.165) is 0 Å². The molecule has 0 aromatic heterocycles. The lowest BCUT2D eigenvalue weighted by atomic mass is 9.78. The van der Waals surface area contributed by atoms with Gasteiger partial charge in [0.25, 0.3) is 0 Å². The van der Waals surface area contributed by atoms with Crippen LogP contribution in [0.25, 0.3) is 20.9 Å². The van der Waals surface area contributed by atoms with Crippen molar-refractivity contribution < 1.29 is 100 Å². The van der Waals surface area contributed by atoms with Crippen molar-refractivity contribution in [1.82, 2.24) is 40.9 Å². The van der Waals surface area contributed by atoms with E-state index in [-0.39, 0.29) is 68.0 Å². The highest BCUT2D eigenvalue weighted by Gasteiger charge is 2.61. The molecule has 0 aromatic rings. The molecule has 117 heavy (non-hydrogen) atoms. The SMILES string of the molecule is C=CCOC(=O)NC[C@@H]1CC(N(C)C)[C@@H](C)[C@H](O[C@@H]2[C@@H](C)C(=O)[C@@H](C)C(=O)O[C@H](CC)[C@@]3(C)OC(=O)N(CCCCN=[N+]=[N-])[C@@H]3[C@@H](C)NC[C@H](C)C[C@@]2(C)OC)O1.C=CCOC(=O)NC[C@@H]1CC(N(C)C)[C@@H](O)[C@H](O[C@@H]2[C@@H](C)C(=O)[C@@H](C)C(=O)O[C@H](CC)[C@@]3(C)OC(=O)N(CCCCN=[N+]=[N-])[C@@H]3[C@@H](C)NC[C@H](C)C[C@@]2(C)OC)O1.CC#N. The van der Waals surface area contributed by atoms with Gasteiger partial charge in [0, 0.05) is 112 Å². The highest BCUT2D eigenvalue weighted by atomic mass is 16.7. The zero-order valence-corrected chi connectivity index (χ0v) is 73.4. The van der Waals surface area contributed by atoms with Crippen molar-refractivity contribution >= 4 is 47.9 Å². The Morgan fingerprint density at radius 3 is 1.36 bits per heavy atom. The minimum absolute atomic E-state index is 0.00633. The fourth-order valence-electron chi connectivity index (χ4n) is 17.5. The van der Waals surface area contributed by atoms with Crippen LogP contribution >= 0.6 is 0 Å². The van der Waals surface area contributed by atoms with Gasteiger partial charge >= 0.3 is 36.3 Å². The molecule has 6 aliphatic heterocycles. The van der Waals surface area contributed by atoms with E-state index in [9.17, 15) is 43.5 Å². The van der Waals surface area contributed by atoms with Crippen LogP contribution < -0.4 is 21.3 Å². The van der Waals surface area contributed by atoms with Crippen LogP contribution in [-0.4, -0.2) is 295 Å². The second-order valence-corrected chi connectivity index (χ2v) is 33.3. The highest BCUT2D eigenvalue weighted by molar-refractivity contribution is 6.00. The van der Waals surface area contributed by atoms with Crippen molar-refractivity contribution in [3.05, 3.63) is 46.2 Å². The third kappa shape index (κ3) is 27.3. The molecule has 36 nitrogen and oxygen atoms in total. The molecular formula is C81H139N15O21. The first-order valence-electron chi connectivity index (χ1n) is 41.2. The van der Waals surface area contributed by atoms with Crippen molar-refractivity contribution in [2.75, 3.05) is 108 Å². The summed E-state index contributed by atoms with van der Waals surface area (Å²) in [5.41, 5.74) is 12.7. The number of carbonyl (C=O) groups is 8. The molecule has 6 aliphatic rings. The quantitative estimate of drug-likeness (QED) is 0.00710. The lowest BCUT2D eigenvalue weighted by molar-refractivity contribution is -0.296. The Kier molecular flexibility index (Phi) is 41.9. The van der Waals surface area contributed by atoms with Gasteiger partial charge in [0.05, 0.1) is 53.8 Å². The Morgan fingerprint density at radius 1 is 0.641 bits per heavy atom. The van der Waals surface area contributed by atoms with E-state index in [0.29, 0.717) is 103 Å². The Bertz CT molecular complexity index is 3180. The van der Waals surface area contributed by atoms with Gasteiger partial charge < -0.3 is 93.0 Å². The molecule has 6 rings (SSSR count). The van der Waals surface area contributed by atoms with Crippen LogP contribution in [0.3, 0.4) is 0 Å². The number of Topliss-reactive ketones (excluding diaryl/α,β-unsaturated/α-hetero) is 2. The first-order valence-corrected chi connectivity index (χ1v) is 41.2. The number of unbranched alkanes of at least 4 members (excludes halogenated alkanes) is 2. The Morgan fingerprint density at radius 2 is 1.01 bits per heavy atom. The molecule has 0 bridgehead atoms. The third-order valence-corrected chi connectivity index (χ3v) is 23.8. The minimum atomic E-state index is -1.27. The highest BCUT2D eigenvalue weighted by Crippen LogP contribution is 2.44. The molecule has 664 valence electrons. The van der Waals surface area contributed by atoms with Crippen LogP contribution in [0.5, 0.6) is 0 Å². The summed E-state index contributed by atoms with van der Waals surface area (Å²) in [5, 5.41) is 38.9. The Hall–Kier alpha value is -7.49. The fourth-order valence-corrected chi connectivity index (χ4v) is 17.5. The number of hydrogen-bond donors (Lipinski definition) is 5. The van der Waals surface area contributed by atoms with Gasteiger partial charge in [-0.1, -0.05) is 84.0 Å². The summed E-state index contributed by atoms with van der Waals surface area (Å²) in [5.74, 6) is -6.87. The first kappa shape index (κ1) is 102. The maximum absolute atomic E-state index is 14.5. The van der Waals surface area contributed by atoms with Crippen molar-refractivity contribution in [3.63, 3.8) is 0 Å². The van der Waals surface area contributed by atoms with Crippen molar-refractivity contribution in [1.29, 1.82) is 5.26 Å². The third-order valence-electron chi connectivity index (χ3n) is 23.8. The van der Waals surface area contributed by atoms with Crippen LogP contribution in [-0.2, 0) is 76.0 Å². The van der Waals surface area contributed by atoms with E-state index in [2.05, 4.69) is 66.3 Å². The molecule has 26 atom stereocenters. The van der Waals surface area contributed by atoms with E-state index in [1.165, 1.54) is 40.0 Å². The molecule has 36 heteroatoms. The number of rotatable bonds is 28. The number of ether oxygens (including phenoxy) is 12. The Labute approximate surface area is 692 Å². The summed E-state index contributed by atoms with van der Waals surface area (Å²) in [6, 6.07) is -0.424. The predicted octanol–water partition coefficient (Wildman–Crippen LogP) is 9.70. The van der Waals surface area contributed by atoms with Gasteiger partial charge in [-0.15, -0.1) is 0 Å². The van der Waals surface area contributed by atoms with Crippen molar-refractivity contribution in [2.45, 2.75) is 289 Å². The largest absolute Gasteiger partial charge is 0.458 e. The van der Waals surface area contributed by atoms with Gasteiger partial charge in [-0.05, 0) is 184 Å². The number of hydrogen-bond acceptors (Lipinski definition) is 28. The molecule has 2 unspecified atom stereocenters. The molecule has 6 saturated heterocycles. The summed E-state index contributed by atoms with van der Waals surface area (Å²) in [4.78, 5) is 121. The minimum Gasteiger partial charge on any atom is -0.458 e. The number of aliphatic hydroxyl groups excluding tert-OH is 1. The zero-order chi connectivity index (χ0) is 88.0. The average molecular weight is 1660 g/mol. The molecular weight excluding hydrogens is 1520 g/mol. The number of cyclic esters (lactones) is 2. The van der Waals surface area contributed by atoms with Crippen LogP contribution in [0.2, 0.25) is 0 Å². The lowest BCUT2D eigenvalue weighted by Crippen LogP contribution is -2.61. The summed E-state index contributed by atoms with van der Waals surface area (Å²) in [6.07, 6.45) is -2.47. The average Bonchev–Trinajstić information content (AvgIpc) is 1.61. The molecule has 0 aromatic carbocycles. The number of aliphatic hydroxyl groups is 1. The van der Waals surface area contributed by atoms with Gasteiger partial charge in [-0.2, -0.15) is 5.26 Å². The number of methoxy groups -OCH3 is 2. The van der Waals surface area contributed by atoms with Gasteiger partial charge in [0.15, 0.2) is 35.3 Å². The molecule has 4 amide bonds. The number of azide groups is 2. The summed E-state index contributed by atoms with van der Waals surface area (Å²) >= 11 is 0. The van der Waals surface area contributed by atoms with Crippen molar-refractivity contribution in [3.8, 4) is 6.07 Å². The number of nitrogens with zero attached hydrogens (tertiary/aromatic N) is 11. The molecule has 6 fully saturated rings. The van der Waals surface area contributed by atoms with Crippen LogP contribution in [0.15, 0.2) is 35.5 Å². The van der Waals surface area contributed by atoms with Gasteiger partial charge in [-0.3, -0.25) is 29.0 Å². The number of esters is 2. The van der Waals surface area contributed by atoms with E-state index in [1.807, 2.05) is 88.5 Å². The van der Waals surface area contributed by atoms with Gasteiger partial charge in [-0.25, -0.2) is 19.2 Å². The smallest absolute Gasteiger partial charge is 0.410 e.